The lowest BCUT2D eigenvalue weighted by molar-refractivity contribution is 0.952. The largest absolute Gasteiger partial charge is 0.372 e. The van der Waals surface area contributed by atoms with E-state index in [1.165, 1.54) is 15.6 Å². The quantitative estimate of drug-likeness (QED) is 0.859. The summed E-state index contributed by atoms with van der Waals surface area (Å²) in [5.41, 5.74) is 2.65. The van der Waals surface area contributed by atoms with Gasteiger partial charge in [0.2, 0.25) is 0 Å². The van der Waals surface area contributed by atoms with Crippen LogP contribution in [0.2, 0.25) is 0 Å². The summed E-state index contributed by atoms with van der Waals surface area (Å²) in [6.07, 6.45) is 0.910. The summed E-state index contributed by atoms with van der Waals surface area (Å²) in [6, 6.07) is 6.28. The Hall–Kier alpha value is -0.830. The monoisotopic (exact) mass is 252 g/mol. The van der Waals surface area contributed by atoms with Crippen LogP contribution in [-0.2, 0) is 6.42 Å². The highest BCUT2D eigenvalue weighted by atomic mass is 79.9. The third-order valence-corrected chi connectivity index (χ3v) is 3.18. The summed E-state index contributed by atoms with van der Waals surface area (Å²) >= 11 is 3.57. The summed E-state index contributed by atoms with van der Waals surface area (Å²) in [5.74, 6) is 1.11. The van der Waals surface area contributed by atoms with E-state index in [9.17, 15) is 0 Å². The standard InChI is InChI=1S/C11H13BrN2/c1-8-3-2-4-10(12)9(8)7-11-13-5-6-14-11/h2-4H,5-7H2,1H3,(H,13,14). The number of halogens is 1. The van der Waals surface area contributed by atoms with Crippen molar-refractivity contribution in [3.8, 4) is 0 Å². The van der Waals surface area contributed by atoms with E-state index in [1.54, 1.807) is 0 Å². The molecule has 1 aromatic carbocycles. The van der Waals surface area contributed by atoms with Gasteiger partial charge in [-0.1, -0.05) is 28.1 Å². The molecule has 1 aromatic rings. The van der Waals surface area contributed by atoms with Crippen LogP contribution in [0.15, 0.2) is 27.7 Å². The SMILES string of the molecule is Cc1cccc(Br)c1CC1=NCCN1. The first-order chi connectivity index (χ1) is 6.77. The van der Waals surface area contributed by atoms with Crippen LogP contribution in [0.3, 0.4) is 0 Å². The number of amidine groups is 1. The summed E-state index contributed by atoms with van der Waals surface area (Å²) in [4.78, 5) is 4.40. The van der Waals surface area contributed by atoms with Crippen LogP contribution >= 0.6 is 15.9 Å². The topological polar surface area (TPSA) is 24.4 Å². The van der Waals surface area contributed by atoms with Crippen LogP contribution in [0.25, 0.3) is 0 Å². The Labute approximate surface area is 92.6 Å². The van der Waals surface area contributed by atoms with Gasteiger partial charge < -0.3 is 5.32 Å². The zero-order valence-electron chi connectivity index (χ0n) is 8.18. The summed E-state index contributed by atoms with van der Waals surface area (Å²) in [6.45, 7) is 4.03. The Morgan fingerprint density at radius 3 is 3.00 bits per heavy atom. The molecule has 14 heavy (non-hydrogen) atoms. The molecule has 0 spiro atoms. The van der Waals surface area contributed by atoms with Crippen LogP contribution in [-0.4, -0.2) is 18.9 Å². The first-order valence-corrected chi connectivity index (χ1v) is 5.58. The minimum absolute atomic E-state index is 0.910. The fourth-order valence-corrected chi connectivity index (χ4v) is 2.23. The van der Waals surface area contributed by atoms with Crippen molar-refractivity contribution >= 4 is 21.8 Å². The van der Waals surface area contributed by atoms with Gasteiger partial charge in [-0.3, -0.25) is 4.99 Å². The van der Waals surface area contributed by atoms with Gasteiger partial charge in [-0.2, -0.15) is 0 Å². The number of nitrogens with zero attached hydrogens (tertiary/aromatic N) is 1. The van der Waals surface area contributed by atoms with Gasteiger partial charge in [0.15, 0.2) is 0 Å². The van der Waals surface area contributed by atoms with E-state index in [1.807, 2.05) is 0 Å². The van der Waals surface area contributed by atoms with E-state index in [4.69, 9.17) is 0 Å². The number of rotatable bonds is 2. The molecule has 0 unspecified atom stereocenters. The van der Waals surface area contributed by atoms with Gasteiger partial charge >= 0.3 is 0 Å². The zero-order valence-corrected chi connectivity index (χ0v) is 9.76. The molecule has 0 radical (unpaired) electrons. The molecule has 0 saturated heterocycles. The molecular weight excluding hydrogens is 240 g/mol. The van der Waals surface area contributed by atoms with Crippen LogP contribution in [0, 0.1) is 6.92 Å². The lowest BCUT2D eigenvalue weighted by Gasteiger charge is -2.08. The number of hydrogen-bond donors (Lipinski definition) is 1. The molecule has 2 rings (SSSR count). The summed E-state index contributed by atoms with van der Waals surface area (Å²) in [5, 5.41) is 3.29. The van der Waals surface area contributed by atoms with Gasteiger partial charge in [0.25, 0.3) is 0 Å². The average Bonchev–Trinajstić information content (AvgIpc) is 2.64. The Morgan fingerprint density at radius 2 is 2.36 bits per heavy atom. The van der Waals surface area contributed by atoms with Gasteiger partial charge in [-0.25, -0.2) is 0 Å². The highest BCUT2D eigenvalue weighted by Gasteiger charge is 2.09. The molecule has 1 aliphatic heterocycles. The lowest BCUT2D eigenvalue weighted by Crippen LogP contribution is -2.21. The Balaban J connectivity index is 2.23. The van der Waals surface area contributed by atoms with Crippen molar-refractivity contribution in [2.45, 2.75) is 13.3 Å². The summed E-state index contributed by atoms with van der Waals surface area (Å²) in [7, 11) is 0. The second-order valence-electron chi connectivity index (χ2n) is 3.47. The molecular formula is C11H13BrN2. The van der Waals surface area contributed by atoms with Crippen molar-refractivity contribution in [3.63, 3.8) is 0 Å². The molecule has 74 valence electrons. The maximum absolute atomic E-state index is 4.40. The molecule has 0 amide bonds. The second-order valence-corrected chi connectivity index (χ2v) is 4.32. The van der Waals surface area contributed by atoms with E-state index in [-0.39, 0.29) is 0 Å². The average molecular weight is 253 g/mol. The van der Waals surface area contributed by atoms with E-state index in [2.05, 4.69) is 51.4 Å². The molecule has 0 fully saturated rings. The van der Waals surface area contributed by atoms with E-state index < -0.39 is 0 Å². The molecule has 0 saturated carbocycles. The fraction of sp³-hybridized carbons (Fsp3) is 0.364. The molecule has 1 N–H and O–H groups in total. The van der Waals surface area contributed by atoms with Crippen LogP contribution < -0.4 is 5.32 Å². The van der Waals surface area contributed by atoms with Crippen molar-refractivity contribution in [2.24, 2.45) is 4.99 Å². The van der Waals surface area contributed by atoms with E-state index >= 15 is 0 Å². The molecule has 2 nitrogen and oxygen atoms in total. The van der Waals surface area contributed by atoms with Gasteiger partial charge in [-0.15, -0.1) is 0 Å². The van der Waals surface area contributed by atoms with Gasteiger partial charge in [0.1, 0.15) is 5.84 Å². The molecule has 1 heterocycles. The highest BCUT2D eigenvalue weighted by Crippen LogP contribution is 2.20. The smallest absolute Gasteiger partial charge is 0.101 e. The number of benzene rings is 1. The highest BCUT2D eigenvalue weighted by molar-refractivity contribution is 9.10. The molecule has 3 heteroatoms. The molecule has 1 aliphatic rings. The van der Waals surface area contributed by atoms with Crippen molar-refractivity contribution in [3.05, 3.63) is 33.8 Å². The van der Waals surface area contributed by atoms with Crippen molar-refractivity contribution < 1.29 is 0 Å². The van der Waals surface area contributed by atoms with Crippen LogP contribution in [0.4, 0.5) is 0 Å². The van der Waals surface area contributed by atoms with Gasteiger partial charge in [0, 0.05) is 17.4 Å². The van der Waals surface area contributed by atoms with Crippen molar-refractivity contribution in [1.29, 1.82) is 0 Å². The predicted octanol–water partition coefficient (Wildman–Crippen LogP) is 2.30. The van der Waals surface area contributed by atoms with Crippen molar-refractivity contribution in [1.82, 2.24) is 5.32 Å². The Morgan fingerprint density at radius 1 is 1.50 bits per heavy atom. The minimum Gasteiger partial charge on any atom is -0.372 e. The van der Waals surface area contributed by atoms with Crippen LogP contribution in [0.5, 0.6) is 0 Å². The predicted molar refractivity (Wildman–Crippen MR) is 62.9 cm³/mol. The number of nitrogens with one attached hydrogen (secondary N) is 1. The Kier molecular flexibility index (Phi) is 2.87. The third kappa shape index (κ3) is 1.98. The Bertz CT molecular complexity index is 351. The number of aryl methyl sites for hydroxylation is 1. The first-order valence-electron chi connectivity index (χ1n) is 4.78. The van der Waals surface area contributed by atoms with E-state index in [0.29, 0.717) is 0 Å². The van der Waals surface area contributed by atoms with Crippen molar-refractivity contribution in [2.75, 3.05) is 13.1 Å². The maximum atomic E-state index is 4.40. The normalized spacial score (nSPS) is 15.1. The van der Waals surface area contributed by atoms with Gasteiger partial charge in [0.05, 0.1) is 6.54 Å². The minimum atomic E-state index is 0.910. The first kappa shape index (κ1) is 9.71. The second kappa shape index (κ2) is 4.13. The van der Waals surface area contributed by atoms with Crippen LogP contribution in [0.1, 0.15) is 11.1 Å². The number of aliphatic imine (C=N–C) groups is 1. The lowest BCUT2D eigenvalue weighted by atomic mass is 10.1. The maximum Gasteiger partial charge on any atom is 0.101 e. The number of hydrogen-bond acceptors (Lipinski definition) is 2. The molecule has 0 bridgehead atoms. The molecule has 0 atom stereocenters. The molecule has 0 aromatic heterocycles. The third-order valence-electron chi connectivity index (χ3n) is 2.44. The zero-order chi connectivity index (χ0) is 9.97. The van der Waals surface area contributed by atoms with E-state index in [0.717, 1.165) is 25.3 Å². The fourth-order valence-electron chi connectivity index (χ4n) is 1.62. The molecule has 0 aliphatic carbocycles. The summed E-state index contributed by atoms with van der Waals surface area (Å²) < 4.78 is 1.17. The van der Waals surface area contributed by atoms with Gasteiger partial charge in [-0.05, 0) is 24.1 Å².